The lowest BCUT2D eigenvalue weighted by Crippen LogP contribution is -2.26. The van der Waals surface area contributed by atoms with E-state index in [1.54, 1.807) is 6.07 Å². The molecule has 21 heavy (non-hydrogen) atoms. The molecule has 0 aliphatic heterocycles. The van der Waals surface area contributed by atoms with Crippen molar-refractivity contribution in [2.24, 2.45) is 5.73 Å². The Bertz CT molecular complexity index is 664. The summed E-state index contributed by atoms with van der Waals surface area (Å²) in [5.41, 5.74) is 7.84. The van der Waals surface area contributed by atoms with Crippen molar-refractivity contribution < 1.29 is 4.92 Å². The first-order valence-corrected chi connectivity index (χ1v) is 7.56. The van der Waals surface area contributed by atoms with Gasteiger partial charge < -0.3 is 5.73 Å². The van der Waals surface area contributed by atoms with Gasteiger partial charge in [-0.25, -0.2) is 0 Å². The van der Waals surface area contributed by atoms with E-state index in [-0.39, 0.29) is 11.7 Å². The predicted octanol–water partition coefficient (Wildman–Crippen LogP) is 4.12. The van der Waals surface area contributed by atoms with E-state index in [4.69, 9.17) is 17.3 Å². The third-order valence-corrected chi connectivity index (χ3v) is 4.17. The molecule has 2 aromatic carbocycles. The number of hydrogen-bond donors (Lipinski definition) is 1. The Labute approximate surface area is 136 Å². The first-order valence-electron chi connectivity index (χ1n) is 6.39. The van der Waals surface area contributed by atoms with Gasteiger partial charge in [-0.2, -0.15) is 0 Å². The molecule has 0 spiro atoms. The number of hydrogen-bond acceptors (Lipinski definition) is 3. The van der Waals surface area contributed by atoms with Crippen molar-refractivity contribution in [3.63, 3.8) is 0 Å². The summed E-state index contributed by atoms with van der Waals surface area (Å²) in [5.74, 6) is 0. The average molecular weight is 370 g/mol. The van der Waals surface area contributed by atoms with E-state index in [1.807, 2.05) is 24.3 Å². The van der Waals surface area contributed by atoms with Gasteiger partial charge in [0.2, 0.25) is 0 Å². The third-order valence-electron chi connectivity index (χ3n) is 3.16. The maximum Gasteiger partial charge on any atom is 0.272 e. The molecule has 0 saturated heterocycles. The topological polar surface area (TPSA) is 69.2 Å². The standard InChI is InChI=1S/C15H14BrClN2O2/c16-14-4-2-1-3-10(14)8-13(18)9-11-7-12(17)5-6-15(11)19(20)21/h1-7,13H,8-9,18H2. The highest BCUT2D eigenvalue weighted by Crippen LogP contribution is 2.25. The highest BCUT2D eigenvalue weighted by atomic mass is 79.9. The van der Waals surface area contributed by atoms with Crippen molar-refractivity contribution >= 4 is 33.2 Å². The van der Waals surface area contributed by atoms with Gasteiger partial charge in [0.15, 0.2) is 0 Å². The van der Waals surface area contributed by atoms with Crippen LogP contribution < -0.4 is 5.73 Å². The highest BCUT2D eigenvalue weighted by Gasteiger charge is 2.17. The van der Waals surface area contributed by atoms with E-state index >= 15 is 0 Å². The lowest BCUT2D eigenvalue weighted by molar-refractivity contribution is -0.385. The van der Waals surface area contributed by atoms with Crippen LogP contribution in [-0.4, -0.2) is 11.0 Å². The molecule has 6 heteroatoms. The summed E-state index contributed by atoms with van der Waals surface area (Å²) in [6.07, 6.45) is 1.03. The molecule has 0 radical (unpaired) electrons. The number of nitrogens with zero attached hydrogens (tertiary/aromatic N) is 1. The number of rotatable bonds is 5. The Morgan fingerprint density at radius 1 is 1.19 bits per heavy atom. The molecule has 0 saturated carbocycles. The van der Waals surface area contributed by atoms with Gasteiger partial charge >= 0.3 is 0 Å². The number of halogens is 2. The Balaban J connectivity index is 2.16. The maximum absolute atomic E-state index is 11.0. The second-order valence-corrected chi connectivity index (χ2v) is 6.08. The molecule has 1 atom stereocenters. The van der Waals surface area contributed by atoms with Crippen molar-refractivity contribution in [2.75, 3.05) is 0 Å². The van der Waals surface area contributed by atoms with Crippen LogP contribution in [0.15, 0.2) is 46.9 Å². The SMILES string of the molecule is NC(Cc1ccccc1Br)Cc1cc(Cl)ccc1[N+](=O)[O-]. The molecule has 110 valence electrons. The molecule has 0 amide bonds. The monoisotopic (exact) mass is 368 g/mol. The zero-order valence-corrected chi connectivity index (χ0v) is 13.5. The summed E-state index contributed by atoms with van der Waals surface area (Å²) in [6.45, 7) is 0. The molecule has 0 aliphatic carbocycles. The molecule has 0 aliphatic rings. The van der Waals surface area contributed by atoms with E-state index in [0.717, 1.165) is 10.0 Å². The minimum Gasteiger partial charge on any atom is -0.327 e. The van der Waals surface area contributed by atoms with Crippen molar-refractivity contribution in [1.82, 2.24) is 0 Å². The van der Waals surface area contributed by atoms with Crippen LogP contribution in [0, 0.1) is 10.1 Å². The molecule has 0 heterocycles. The molecule has 2 N–H and O–H groups in total. The number of benzene rings is 2. The van der Waals surface area contributed by atoms with Crippen LogP contribution in [0.25, 0.3) is 0 Å². The van der Waals surface area contributed by atoms with Gasteiger partial charge in [0.1, 0.15) is 0 Å². The summed E-state index contributed by atoms with van der Waals surface area (Å²) in [5, 5.41) is 11.5. The van der Waals surface area contributed by atoms with E-state index in [2.05, 4.69) is 15.9 Å². The van der Waals surface area contributed by atoms with E-state index < -0.39 is 4.92 Å². The smallest absolute Gasteiger partial charge is 0.272 e. The average Bonchev–Trinajstić information content (AvgIpc) is 2.41. The molecular weight excluding hydrogens is 356 g/mol. The summed E-state index contributed by atoms with van der Waals surface area (Å²) < 4.78 is 0.987. The number of nitrogens with two attached hydrogens (primary N) is 1. The summed E-state index contributed by atoms with van der Waals surface area (Å²) in [4.78, 5) is 10.6. The fraction of sp³-hybridized carbons (Fsp3) is 0.200. The van der Waals surface area contributed by atoms with Gasteiger partial charge in [0.05, 0.1) is 4.92 Å². The first kappa shape index (κ1) is 15.9. The molecular formula is C15H14BrClN2O2. The Kier molecular flexibility index (Phi) is 5.33. The van der Waals surface area contributed by atoms with Crippen molar-refractivity contribution in [3.8, 4) is 0 Å². The second-order valence-electron chi connectivity index (χ2n) is 4.79. The van der Waals surface area contributed by atoms with Crippen LogP contribution in [0.3, 0.4) is 0 Å². The minimum atomic E-state index is -0.406. The third kappa shape index (κ3) is 4.27. The van der Waals surface area contributed by atoms with Gasteiger partial charge in [0, 0.05) is 27.2 Å². The minimum absolute atomic E-state index is 0.0574. The molecule has 4 nitrogen and oxygen atoms in total. The van der Waals surface area contributed by atoms with Crippen LogP contribution in [0.5, 0.6) is 0 Å². The van der Waals surface area contributed by atoms with E-state index in [0.29, 0.717) is 23.4 Å². The maximum atomic E-state index is 11.0. The molecule has 2 rings (SSSR count). The molecule has 0 fully saturated rings. The molecule has 1 unspecified atom stereocenters. The van der Waals surface area contributed by atoms with Gasteiger partial charge in [0.25, 0.3) is 5.69 Å². The lowest BCUT2D eigenvalue weighted by atomic mass is 9.99. The summed E-state index contributed by atoms with van der Waals surface area (Å²) in [6, 6.07) is 12.1. The first-order chi connectivity index (χ1) is 9.97. The predicted molar refractivity (Wildman–Crippen MR) is 87.6 cm³/mol. The Morgan fingerprint density at radius 2 is 1.86 bits per heavy atom. The van der Waals surface area contributed by atoms with Crippen LogP contribution >= 0.6 is 27.5 Å². The molecule has 0 aromatic heterocycles. The largest absolute Gasteiger partial charge is 0.327 e. The fourth-order valence-electron chi connectivity index (χ4n) is 2.20. The Morgan fingerprint density at radius 3 is 2.52 bits per heavy atom. The van der Waals surface area contributed by atoms with Crippen LogP contribution in [0.4, 0.5) is 5.69 Å². The highest BCUT2D eigenvalue weighted by molar-refractivity contribution is 9.10. The molecule has 0 bridgehead atoms. The van der Waals surface area contributed by atoms with Crippen LogP contribution in [0.2, 0.25) is 5.02 Å². The van der Waals surface area contributed by atoms with Gasteiger partial charge in [-0.05, 0) is 36.6 Å². The van der Waals surface area contributed by atoms with Crippen LogP contribution in [-0.2, 0) is 12.8 Å². The van der Waals surface area contributed by atoms with Gasteiger partial charge in [-0.1, -0.05) is 45.7 Å². The van der Waals surface area contributed by atoms with E-state index in [1.165, 1.54) is 12.1 Å². The van der Waals surface area contributed by atoms with Gasteiger partial charge in [-0.3, -0.25) is 10.1 Å². The summed E-state index contributed by atoms with van der Waals surface area (Å²) in [7, 11) is 0. The zero-order chi connectivity index (χ0) is 15.4. The quantitative estimate of drug-likeness (QED) is 0.636. The zero-order valence-electron chi connectivity index (χ0n) is 11.1. The van der Waals surface area contributed by atoms with E-state index in [9.17, 15) is 10.1 Å². The van der Waals surface area contributed by atoms with Crippen molar-refractivity contribution in [1.29, 1.82) is 0 Å². The number of nitro benzene ring substituents is 1. The van der Waals surface area contributed by atoms with Crippen LogP contribution in [0.1, 0.15) is 11.1 Å². The lowest BCUT2D eigenvalue weighted by Gasteiger charge is -2.13. The molecule has 2 aromatic rings. The van der Waals surface area contributed by atoms with Crippen molar-refractivity contribution in [2.45, 2.75) is 18.9 Å². The second kappa shape index (κ2) is 7.02. The fourth-order valence-corrected chi connectivity index (χ4v) is 2.84. The van der Waals surface area contributed by atoms with Crippen molar-refractivity contribution in [3.05, 3.63) is 73.2 Å². The summed E-state index contributed by atoms with van der Waals surface area (Å²) >= 11 is 9.39. The Hall–Kier alpha value is -1.43. The number of nitro groups is 1. The normalized spacial score (nSPS) is 12.1. The van der Waals surface area contributed by atoms with Gasteiger partial charge in [-0.15, -0.1) is 0 Å².